The minimum atomic E-state index is -0.770. The highest BCUT2D eigenvalue weighted by molar-refractivity contribution is 5.50. The molecule has 0 saturated carbocycles. The van der Waals surface area contributed by atoms with Gasteiger partial charge in [0.2, 0.25) is 0 Å². The summed E-state index contributed by atoms with van der Waals surface area (Å²) in [4.78, 5) is 2.19. The first-order valence-corrected chi connectivity index (χ1v) is 10.5. The van der Waals surface area contributed by atoms with Crippen LogP contribution in [0.15, 0.2) is 48.5 Å². The van der Waals surface area contributed by atoms with Crippen molar-refractivity contribution in [2.75, 3.05) is 26.2 Å². The monoisotopic (exact) mass is 397 g/mol. The average molecular weight is 398 g/mol. The Labute approximate surface area is 172 Å². The molecule has 0 amide bonds. The minimum absolute atomic E-state index is 0.218. The summed E-state index contributed by atoms with van der Waals surface area (Å²) in [6.07, 6.45) is 1.60. The molecule has 156 valence electrons. The molecule has 29 heavy (non-hydrogen) atoms. The summed E-state index contributed by atoms with van der Waals surface area (Å²) in [7, 11) is 0. The number of benzene rings is 2. The fourth-order valence-corrected chi connectivity index (χ4v) is 4.38. The molecule has 1 saturated heterocycles. The number of para-hydroxylation sites is 1. The molecule has 2 aromatic carbocycles. The number of ether oxygens (including phenoxy) is 2. The van der Waals surface area contributed by atoms with Gasteiger partial charge < -0.3 is 24.6 Å². The maximum atomic E-state index is 11.0. The van der Waals surface area contributed by atoms with Crippen molar-refractivity contribution in [3.63, 3.8) is 0 Å². The van der Waals surface area contributed by atoms with Crippen molar-refractivity contribution in [1.29, 1.82) is 0 Å². The number of hydrogen-bond acceptors (Lipinski definition) is 5. The average Bonchev–Trinajstić information content (AvgIpc) is 3.03. The van der Waals surface area contributed by atoms with Crippen molar-refractivity contribution in [2.24, 2.45) is 0 Å². The van der Waals surface area contributed by atoms with Gasteiger partial charge in [-0.15, -0.1) is 0 Å². The molecule has 2 N–H and O–H groups in total. The second-order valence-corrected chi connectivity index (χ2v) is 8.95. The van der Waals surface area contributed by atoms with Crippen molar-refractivity contribution < 1.29 is 19.7 Å². The van der Waals surface area contributed by atoms with E-state index in [2.05, 4.69) is 24.8 Å². The predicted molar refractivity (Wildman–Crippen MR) is 112 cm³/mol. The molecule has 5 heteroatoms. The summed E-state index contributed by atoms with van der Waals surface area (Å²) >= 11 is 0. The normalized spacial score (nSPS) is 21.2. The Hall–Kier alpha value is -2.08. The van der Waals surface area contributed by atoms with E-state index in [0.29, 0.717) is 25.1 Å². The van der Waals surface area contributed by atoms with Crippen LogP contribution >= 0.6 is 0 Å². The molecule has 0 radical (unpaired) electrons. The zero-order valence-corrected chi connectivity index (χ0v) is 17.3. The lowest BCUT2D eigenvalue weighted by Crippen LogP contribution is -2.46. The van der Waals surface area contributed by atoms with Crippen LogP contribution in [-0.2, 0) is 12.0 Å². The maximum absolute atomic E-state index is 11.0. The third-order valence-electron chi connectivity index (χ3n) is 5.95. The number of nitrogens with zero attached hydrogens (tertiary/aromatic N) is 1. The van der Waals surface area contributed by atoms with Crippen LogP contribution in [0.4, 0.5) is 0 Å². The number of hydrogen-bond donors (Lipinski definition) is 2. The highest BCUT2D eigenvalue weighted by Gasteiger charge is 2.35. The first-order valence-electron chi connectivity index (χ1n) is 10.5. The summed E-state index contributed by atoms with van der Waals surface area (Å²) < 4.78 is 11.9. The molecule has 0 bridgehead atoms. The Morgan fingerprint density at radius 2 is 1.79 bits per heavy atom. The third kappa shape index (κ3) is 4.58. The summed E-state index contributed by atoms with van der Waals surface area (Å²) in [6, 6.07) is 15.8. The molecule has 2 aliphatic heterocycles. The summed E-state index contributed by atoms with van der Waals surface area (Å²) in [5.41, 5.74) is 1.14. The van der Waals surface area contributed by atoms with E-state index in [1.54, 1.807) is 0 Å². The van der Waals surface area contributed by atoms with Crippen LogP contribution in [0.25, 0.3) is 0 Å². The number of aliphatic hydroxyl groups excluding tert-OH is 1. The molecule has 4 rings (SSSR count). The Kier molecular flexibility index (Phi) is 5.56. The van der Waals surface area contributed by atoms with Gasteiger partial charge in [-0.2, -0.15) is 0 Å². The standard InChI is InChI=1S/C24H31NO4/c1-23(2)15-18-7-6-10-21(22(18)29-23)28-17-20(26)16-25-13-11-24(27,12-14-25)19-8-4-3-5-9-19/h3-10,20,26-27H,11-17H2,1-2H3. The van der Waals surface area contributed by atoms with Crippen molar-refractivity contribution in [3.05, 3.63) is 59.7 Å². The van der Waals surface area contributed by atoms with Gasteiger partial charge in [-0.05, 0) is 38.3 Å². The fourth-order valence-electron chi connectivity index (χ4n) is 4.38. The number of likely N-dealkylation sites (tertiary alicyclic amines) is 1. The molecule has 0 aromatic heterocycles. The number of β-amino-alcohol motifs (C(OH)–C–C–N with tert-alkyl or cyclic N) is 1. The quantitative estimate of drug-likeness (QED) is 0.784. The molecule has 1 fully saturated rings. The number of rotatable bonds is 6. The van der Waals surface area contributed by atoms with Crippen LogP contribution in [-0.4, -0.2) is 53.1 Å². The van der Waals surface area contributed by atoms with Gasteiger partial charge in [-0.25, -0.2) is 0 Å². The summed E-state index contributed by atoms with van der Waals surface area (Å²) in [5.74, 6) is 1.50. The highest BCUT2D eigenvalue weighted by atomic mass is 16.5. The zero-order chi connectivity index (χ0) is 20.5. The van der Waals surface area contributed by atoms with E-state index in [1.165, 1.54) is 0 Å². The molecule has 2 heterocycles. The van der Waals surface area contributed by atoms with Gasteiger partial charge in [0.15, 0.2) is 11.5 Å². The predicted octanol–water partition coefficient (Wildman–Crippen LogP) is 3.12. The van der Waals surface area contributed by atoms with Crippen LogP contribution in [0.1, 0.15) is 37.8 Å². The lowest BCUT2D eigenvalue weighted by atomic mass is 9.84. The molecule has 1 unspecified atom stereocenters. The molecule has 2 aliphatic rings. The van der Waals surface area contributed by atoms with E-state index in [4.69, 9.17) is 9.47 Å². The number of fused-ring (bicyclic) bond motifs is 1. The van der Waals surface area contributed by atoms with E-state index in [0.717, 1.165) is 36.4 Å². The van der Waals surface area contributed by atoms with Crippen LogP contribution in [0.3, 0.4) is 0 Å². The minimum Gasteiger partial charge on any atom is -0.487 e. The second-order valence-electron chi connectivity index (χ2n) is 8.95. The number of aliphatic hydroxyl groups is 2. The Balaban J connectivity index is 1.28. The zero-order valence-electron chi connectivity index (χ0n) is 17.3. The largest absolute Gasteiger partial charge is 0.487 e. The van der Waals surface area contributed by atoms with Crippen LogP contribution in [0.5, 0.6) is 11.5 Å². The molecule has 1 atom stereocenters. The van der Waals surface area contributed by atoms with E-state index in [9.17, 15) is 10.2 Å². The van der Waals surface area contributed by atoms with Gasteiger partial charge in [-0.3, -0.25) is 0 Å². The van der Waals surface area contributed by atoms with Gasteiger partial charge in [0.1, 0.15) is 18.3 Å². The third-order valence-corrected chi connectivity index (χ3v) is 5.95. The summed E-state index contributed by atoms with van der Waals surface area (Å²) in [5, 5.41) is 21.4. The second kappa shape index (κ2) is 7.98. The molecule has 0 aliphatic carbocycles. The van der Waals surface area contributed by atoms with Gasteiger partial charge in [0.05, 0.1) is 5.60 Å². The van der Waals surface area contributed by atoms with Gasteiger partial charge in [0, 0.05) is 31.6 Å². The topological polar surface area (TPSA) is 62.2 Å². The first-order chi connectivity index (χ1) is 13.8. The van der Waals surface area contributed by atoms with E-state index in [-0.39, 0.29) is 12.2 Å². The molecular formula is C24H31NO4. The van der Waals surface area contributed by atoms with Crippen molar-refractivity contribution in [3.8, 4) is 11.5 Å². The molecule has 2 aromatic rings. The Morgan fingerprint density at radius 1 is 1.07 bits per heavy atom. The molecular weight excluding hydrogens is 366 g/mol. The van der Waals surface area contributed by atoms with Gasteiger partial charge in [-0.1, -0.05) is 42.5 Å². The lowest BCUT2D eigenvalue weighted by molar-refractivity contribution is -0.0373. The van der Waals surface area contributed by atoms with Crippen molar-refractivity contribution in [2.45, 2.75) is 50.4 Å². The molecule has 0 spiro atoms. The van der Waals surface area contributed by atoms with Crippen LogP contribution in [0.2, 0.25) is 0 Å². The number of piperidine rings is 1. The van der Waals surface area contributed by atoms with E-state index >= 15 is 0 Å². The van der Waals surface area contributed by atoms with Gasteiger partial charge in [0.25, 0.3) is 0 Å². The fraction of sp³-hybridized carbons (Fsp3) is 0.500. The van der Waals surface area contributed by atoms with Crippen LogP contribution < -0.4 is 9.47 Å². The Morgan fingerprint density at radius 3 is 2.52 bits per heavy atom. The van der Waals surface area contributed by atoms with Crippen LogP contribution in [0, 0.1) is 0 Å². The molecule has 5 nitrogen and oxygen atoms in total. The van der Waals surface area contributed by atoms with E-state index < -0.39 is 11.7 Å². The van der Waals surface area contributed by atoms with E-state index in [1.807, 2.05) is 42.5 Å². The lowest BCUT2D eigenvalue weighted by Gasteiger charge is -2.39. The van der Waals surface area contributed by atoms with Gasteiger partial charge >= 0.3 is 0 Å². The first kappa shape index (κ1) is 20.2. The van der Waals surface area contributed by atoms with Crippen molar-refractivity contribution in [1.82, 2.24) is 4.90 Å². The summed E-state index contributed by atoms with van der Waals surface area (Å²) in [6.45, 7) is 6.39. The van der Waals surface area contributed by atoms with Crippen molar-refractivity contribution >= 4 is 0 Å². The SMILES string of the molecule is CC1(C)Cc2cccc(OCC(O)CN3CCC(O)(c4ccccc4)CC3)c2O1. The Bertz CT molecular complexity index is 828. The smallest absolute Gasteiger partial charge is 0.165 e. The maximum Gasteiger partial charge on any atom is 0.165 e. The highest BCUT2D eigenvalue weighted by Crippen LogP contribution is 2.41.